The van der Waals surface area contributed by atoms with Gasteiger partial charge < -0.3 is 15.0 Å². The van der Waals surface area contributed by atoms with Crippen LogP contribution in [0.4, 0.5) is 5.69 Å². The van der Waals surface area contributed by atoms with Crippen molar-refractivity contribution in [2.75, 3.05) is 18.1 Å². The van der Waals surface area contributed by atoms with E-state index in [4.69, 9.17) is 4.74 Å². The largest absolute Gasteiger partial charge is 0.482 e. The predicted molar refractivity (Wildman–Crippen MR) is 96.9 cm³/mol. The quantitative estimate of drug-likeness (QED) is 0.755. The molecule has 2 heterocycles. The van der Waals surface area contributed by atoms with Gasteiger partial charge in [-0.25, -0.2) is 4.98 Å². The van der Waals surface area contributed by atoms with E-state index in [9.17, 15) is 9.59 Å². The van der Waals surface area contributed by atoms with Crippen LogP contribution in [0.15, 0.2) is 48.5 Å². The second kappa shape index (κ2) is 6.51. The van der Waals surface area contributed by atoms with Crippen molar-refractivity contribution < 1.29 is 14.3 Å². The van der Waals surface area contributed by atoms with E-state index in [0.717, 1.165) is 11.0 Å². The molecule has 0 unspecified atom stereocenters. The fourth-order valence-corrected chi connectivity index (χ4v) is 3.00. The van der Waals surface area contributed by atoms with E-state index in [2.05, 4.69) is 15.3 Å². The molecular formula is C19H18N4O3. The van der Waals surface area contributed by atoms with Crippen molar-refractivity contribution in [1.29, 1.82) is 0 Å². The molecule has 2 N–H and O–H groups in total. The lowest BCUT2D eigenvalue weighted by Crippen LogP contribution is -2.45. The zero-order chi connectivity index (χ0) is 18.1. The summed E-state index contributed by atoms with van der Waals surface area (Å²) in [6.45, 7) is 1.72. The lowest BCUT2D eigenvalue weighted by atomic mass is 10.2. The third-order valence-corrected chi connectivity index (χ3v) is 4.31. The van der Waals surface area contributed by atoms with Gasteiger partial charge >= 0.3 is 0 Å². The molecule has 7 nitrogen and oxygen atoms in total. The number of nitrogens with one attached hydrogen (secondary N) is 2. The molecule has 0 radical (unpaired) electrons. The van der Waals surface area contributed by atoms with Crippen molar-refractivity contribution in [1.82, 2.24) is 15.3 Å². The number of hydrogen-bond acceptors (Lipinski definition) is 4. The summed E-state index contributed by atoms with van der Waals surface area (Å²) < 4.78 is 5.39. The number of hydrogen-bond donors (Lipinski definition) is 2. The van der Waals surface area contributed by atoms with Gasteiger partial charge in [0.05, 0.1) is 22.8 Å². The summed E-state index contributed by atoms with van der Waals surface area (Å²) in [5.41, 5.74) is 2.37. The van der Waals surface area contributed by atoms with Crippen LogP contribution in [0.5, 0.6) is 5.75 Å². The highest BCUT2D eigenvalue weighted by Crippen LogP contribution is 2.31. The van der Waals surface area contributed by atoms with Crippen LogP contribution in [-0.2, 0) is 9.59 Å². The van der Waals surface area contributed by atoms with Gasteiger partial charge in [-0.1, -0.05) is 24.3 Å². The molecule has 2 aromatic carbocycles. The zero-order valence-electron chi connectivity index (χ0n) is 14.2. The van der Waals surface area contributed by atoms with Gasteiger partial charge in [-0.3, -0.25) is 14.5 Å². The van der Waals surface area contributed by atoms with Crippen molar-refractivity contribution in [2.45, 2.75) is 13.0 Å². The first-order chi connectivity index (χ1) is 12.6. The number of rotatable bonds is 4. The summed E-state index contributed by atoms with van der Waals surface area (Å²) in [7, 11) is 0. The second-order valence-corrected chi connectivity index (χ2v) is 6.16. The molecule has 7 heteroatoms. The number of carbonyl (C=O) groups excluding carboxylic acids is 2. The van der Waals surface area contributed by atoms with Gasteiger partial charge in [0, 0.05) is 0 Å². The van der Waals surface area contributed by atoms with Crippen molar-refractivity contribution in [3.63, 3.8) is 0 Å². The van der Waals surface area contributed by atoms with Gasteiger partial charge in [0.15, 0.2) is 6.61 Å². The molecule has 0 aliphatic carbocycles. The molecule has 132 valence electrons. The summed E-state index contributed by atoms with van der Waals surface area (Å²) in [5.74, 6) is 0.775. The molecule has 1 aromatic heterocycles. The first-order valence-electron chi connectivity index (χ1n) is 8.38. The van der Waals surface area contributed by atoms with Crippen LogP contribution in [0, 0.1) is 0 Å². The van der Waals surface area contributed by atoms with Crippen LogP contribution in [0.1, 0.15) is 18.8 Å². The normalized spacial score (nSPS) is 14.7. The van der Waals surface area contributed by atoms with Crippen LogP contribution < -0.4 is 15.0 Å². The van der Waals surface area contributed by atoms with Gasteiger partial charge in [0.1, 0.15) is 18.1 Å². The second-order valence-electron chi connectivity index (χ2n) is 6.16. The molecular weight excluding hydrogens is 332 g/mol. The summed E-state index contributed by atoms with van der Waals surface area (Å²) in [5, 5.41) is 2.89. The fraction of sp³-hybridized carbons (Fsp3) is 0.211. The third kappa shape index (κ3) is 2.99. The van der Waals surface area contributed by atoms with Crippen LogP contribution in [0.3, 0.4) is 0 Å². The van der Waals surface area contributed by atoms with E-state index in [1.54, 1.807) is 12.1 Å². The van der Waals surface area contributed by atoms with E-state index in [1.165, 1.54) is 4.90 Å². The molecule has 3 aromatic rings. The van der Waals surface area contributed by atoms with Crippen LogP contribution >= 0.6 is 0 Å². The van der Waals surface area contributed by atoms with Gasteiger partial charge in [0.25, 0.3) is 5.91 Å². The fourth-order valence-electron chi connectivity index (χ4n) is 3.00. The Morgan fingerprint density at radius 1 is 1.27 bits per heavy atom. The van der Waals surface area contributed by atoms with E-state index in [-0.39, 0.29) is 31.0 Å². The van der Waals surface area contributed by atoms with E-state index in [0.29, 0.717) is 17.3 Å². The molecule has 0 saturated heterocycles. The van der Waals surface area contributed by atoms with Crippen LogP contribution in [0.25, 0.3) is 11.0 Å². The maximum absolute atomic E-state index is 12.5. The topological polar surface area (TPSA) is 87.3 Å². The van der Waals surface area contributed by atoms with Crippen molar-refractivity contribution in [3.8, 4) is 5.75 Å². The molecule has 1 aliphatic heterocycles. The maximum atomic E-state index is 12.5. The first kappa shape index (κ1) is 16.1. The molecule has 1 aliphatic rings. The number of aromatic nitrogens is 2. The maximum Gasteiger partial charge on any atom is 0.265 e. The number of para-hydroxylation sites is 4. The molecule has 2 amide bonds. The number of fused-ring (bicyclic) bond motifs is 2. The number of benzene rings is 2. The van der Waals surface area contributed by atoms with Crippen LogP contribution in [-0.4, -0.2) is 34.9 Å². The van der Waals surface area contributed by atoms with Gasteiger partial charge in [-0.15, -0.1) is 0 Å². The summed E-state index contributed by atoms with van der Waals surface area (Å²) in [4.78, 5) is 33.8. The van der Waals surface area contributed by atoms with E-state index in [1.807, 2.05) is 43.3 Å². The number of carbonyl (C=O) groups is 2. The van der Waals surface area contributed by atoms with Gasteiger partial charge in [-0.2, -0.15) is 0 Å². The first-order valence-corrected chi connectivity index (χ1v) is 8.38. The highest BCUT2D eigenvalue weighted by molar-refractivity contribution is 6.02. The molecule has 0 bridgehead atoms. The van der Waals surface area contributed by atoms with Gasteiger partial charge in [0.2, 0.25) is 5.91 Å². The van der Waals surface area contributed by atoms with Crippen molar-refractivity contribution >= 4 is 28.5 Å². The number of aromatic amines is 1. The average molecular weight is 350 g/mol. The Morgan fingerprint density at radius 2 is 2.04 bits per heavy atom. The van der Waals surface area contributed by atoms with Crippen LogP contribution in [0.2, 0.25) is 0 Å². The summed E-state index contributed by atoms with van der Waals surface area (Å²) in [6.07, 6.45) is 0. The lowest BCUT2D eigenvalue weighted by Gasteiger charge is -2.29. The van der Waals surface area contributed by atoms with Crippen molar-refractivity contribution in [2.24, 2.45) is 0 Å². The Balaban J connectivity index is 1.47. The number of ether oxygens (including phenoxy) is 1. The molecule has 0 spiro atoms. The summed E-state index contributed by atoms with van der Waals surface area (Å²) in [6, 6.07) is 14.6. The number of nitrogens with zero attached hydrogens (tertiary/aromatic N) is 2. The Hall–Kier alpha value is -3.35. The highest BCUT2D eigenvalue weighted by Gasteiger charge is 2.27. The molecule has 0 fully saturated rings. The number of amides is 2. The SMILES string of the molecule is C[C@H](NC(=O)CN1C(=O)COc2ccccc21)c1nc2ccccc2[nH]1. The Kier molecular flexibility index (Phi) is 4.04. The molecule has 1 atom stereocenters. The third-order valence-electron chi connectivity index (χ3n) is 4.31. The zero-order valence-corrected chi connectivity index (χ0v) is 14.2. The smallest absolute Gasteiger partial charge is 0.265 e. The Bertz CT molecular complexity index is 949. The Labute approximate surface area is 150 Å². The Morgan fingerprint density at radius 3 is 2.88 bits per heavy atom. The highest BCUT2D eigenvalue weighted by atomic mass is 16.5. The molecule has 26 heavy (non-hydrogen) atoms. The minimum absolute atomic E-state index is 0.0657. The minimum atomic E-state index is -0.304. The average Bonchev–Trinajstić information content (AvgIpc) is 3.08. The van der Waals surface area contributed by atoms with Gasteiger partial charge in [-0.05, 0) is 31.2 Å². The number of anilines is 1. The summed E-state index contributed by atoms with van der Waals surface area (Å²) >= 11 is 0. The van der Waals surface area contributed by atoms with Crippen molar-refractivity contribution in [3.05, 3.63) is 54.4 Å². The standard InChI is InChI=1S/C19H18N4O3/c1-12(19-21-13-6-2-3-7-14(13)22-19)20-17(24)10-23-15-8-4-5-9-16(15)26-11-18(23)25/h2-9,12H,10-11H2,1H3,(H,20,24)(H,21,22)/t12-/m0/s1. The monoisotopic (exact) mass is 350 g/mol. The number of imidazole rings is 1. The lowest BCUT2D eigenvalue weighted by molar-refractivity contribution is -0.125. The molecule has 0 saturated carbocycles. The predicted octanol–water partition coefficient (Wildman–Crippen LogP) is 2.17. The molecule has 4 rings (SSSR count). The van der Waals surface area contributed by atoms with E-state index >= 15 is 0 Å². The minimum Gasteiger partial charge on any atom is -0.482 e. The van der Waals surface area contributed by atoms with E-state index < -0.39 is 0 Å². The number of H-pyrrole nitrogens is 1.